The number of carbonyl (C=O) groups is 1. The highest BCUT2D eigenvalue weighted by atomic mass is 35.5. The predicted octanol–water partition coefficient (Wildman–Crippen LogP) is 2.07. The lowest BCUT2D eigenvalue weighted by molar-refractivity contribution is 0.0963. The number of amides is 1. The minimum absolute atomic E-state index is 0.117. The molecule has 1 aromatic heterocycles. The first kappa shape index (κ1) is 8.56. The molecule has 0 aromatic carbocycles. The highest BCUT2D eigenvalue weighted by molar-refractivity contribution is 7.15. The molecule has 0 atom stereocenters. The lowest BCUT2D eigenvalue weighted by Gasteiger charge is -1.97. The molecule has 1 aromatic rings. The molecule has 60 valence electrons. The van der Waals surface area contributed by atoms with Crippen LogP contribution in [0.15, 0.2) is 5.38 Å². The average Bonchev–Trinajstić information content (AvgIpc) is 2.30. The Morgan fingerprint density at radius 2 is 2.36 bits per heavy atom. The van der Waals surface area contributed by atoms with Crippen LogP contribution < -0.4 is 5.32 Å². The van der Waals surface area contributed by atoms with Crippen molar-refractivity contribution in [1.82, 2.24) is 5.32 Å². The normalized spacial score (nSPS) is 9.73. The van der Waals surface area contributed by atoms with Gasteiger partial charge in [0.2, 0.25) is 0 Å². The van der Waals surface area contributed by atoms with Crippen molar-refractivity contribution in [3.8, 4) is 0 Å². The van der Waals surface area contributed by atoms with E-state index in [9.17, 15) is 4.79 Å². The van der Waals surface area contributed by atoms with Crippen LogP contribution in [0.4, 0.5) is 0 Å². The van der Waals surface area contributed by atoms with Gasteiger partial charge in [-0.2, -0.15) is 0 Å². The lowest BCUT2D eigenvalue weighted by Crippen LogP contribution is -2.18. The minimum atomic E-state index is -0.117. The first-order valence-corrected chi connectivity index (χ1v) is 4.38. The van der Waals surface area contributed by atoms with Crippen LogP contribution in [0.25, 0.3) is 0 Å². The number of carbonyl (C=O) groups excluding carboxylic acids is 1. The highest BCUT2D eigenvalue weighted by Crippen LogP contribution is 2.26. The van der Waals surface area contributed by atoms with Gasteiger partial charge in [-0.05, 0) is 17.9 Å². The number of nitrogens with one attached hydrogen (secondary N) is 1. The van der Waals surface area contributed by atoms with Gasteiger partial charge in [-0.15, -0.1) is 11.3 Å². The Hall–Kier alpha value is -0.540. The van der Waals surface area contributed by atoms with Gasteiger partial charge < -0.3 is 5.32 Å². The third-order valence-electron chi connectivity index (χ3n) is 1.38. The second kappa shape index (κ2) is 3.24. The summed E-state index contributed by atoms with van der Waals surface area (Å²) in [5, 5.41) is 4.40. The van der Waals surface area contributed by atoms with Crippen molar-refractivity contribution in [3.05, 3.63) is 20.8 Å². The molecule has 0 unspecified atom stereocenters. The van der Waals surface area contributed by atoms with Crippen LogP contribution in [-0.4, -0.2) is 13.0 Å². The zero-order chi connectivity index (χ0) is 8.43. The van der Waals surface area contributed by atoms with Gasteiger partial charge >= 0.3 is 0 Å². The number of halogens is 1. The summed E-state index contributed by atoms with van der Waals surface area (Å²) in [6, 6.07) is 0. The van der Waals surface area contributed by atoms with E-state index >= 15 is 0 Å². The lowest BCUT2D eigenvalue weighted by atomic mass is 10.2. The van der Waals surface area contributed by atoms with Crippen LogP contribution in [-0.2, 0) is 0 Å². The monoisotopic (exact) mass is 189 g/mol. The summed E-state index contributed by atoms with van der Waals surface area (Å²) in [6.45, 7) is 1.87. The maximum Gasteiger partial charge on any atom is 0.253 e. The van der Waals surface area contributed by atoms with Crippen molar-refractivity contribution in [2.24, 2.45) is 0 Å². The Morgan fingerprint density at radius 3 is 2.73 bits per heavy atom. The minimum Gasteiger partial charge on any atom is -0.355 e. The van der Waals surface area contributed by atoms with Gasteiger partial charge in [-0.25, -0.2) is 0 Å². The Morgan fingerprint density at radius 1 is 1.73 bits per heavy atom. The fourth-order valence-electron chi connectivity index (χ4n) is 0.806. The largest absolute Gasteiger partial charge is 0.355 e. The predicted molar refractivity (Wildman–Crippen MR) is 47.5 cm³/mol. The molecular formula is C7H8ClNOS. The molecule has 0 aliphatic rings. The third-order valence-corrected chi connectivity index (χ3v) is 2.72. The smallest absolute Gasteiger partial charge is 0.253 e. The van der Waals surface area contributed by atoms with E-state index in [-0.39, 0.29) is 5.91 Å². The van der Waals surface area contributed by atoms with Crippen molar-refractivity contribution >= 4 is 28.8 Å². The summed E-state index contributed by atoms with van der Waals surface area (Å²) in [5.41, 5.74) is 1.53. The fraction of sp³-hybridized carbons (Fsp3) is 0.286. The van der Waals surface area contributed by atoms with E-state index < -0.39 is 0 Å². The van der Waals surface area contributed by atoms with Crippen molar-refractivity contribution in [2.75, 3.05) is 7.05 Å². The Kier molecular flexibility index (Phi) is 2.52. The van der Waals surface area contributed by atoms with Gasteiger partial charge in [-0.1, -0.05) is 11.6 Å². The highest BCUT2D eigenvalue weighted by Gasteiger charge is 2.12. The number of thiophene rings is 1. The SMILES string of the molecule is CNC(=O)c1c(C)csc1Cl. The summed E-state index contributed by atoms with van der Waals surface area (Å²) in [4.78, 5) is 11.1. The molecule has 1 rings (SSSR count). The Bertz CT molecular complexity index is 262. The van der Waals surface area contributed by atoms with Gasteiger partial charge in [0, 0.05) is 7.05 Å². The molecule has 0 saturated carbocycles. The number of hydrogen-bond donors (Lipinski definition) is 1. The van der Waals surface area contributed by atoms with E-state index in [4.69, 9.17) is 11.6 Å². The Balaban J connectivity index is 3.10. The molecule has 2 nitrogen and oxygen atoms in total. The van der Waals surface area contributed by atoms with Crippen LogP contribution in [0.3, 0.4) is 0 Å². The Labute approximate surface area is 74.2 Å². The van der Waals surface area contributed by atoms with Gasteiger partial charge in [0.05, 0.1) is 5.56 Å². The van der Waals surface area contributed by atoms with Crippen LogP contribution in [0.2, 0.25) is 4.34 Å². The van der Waals surface area contributed by atoms with Gasteiger partial charge in [-0.3, -0.25) is 4.79 Å². The topological polar surface area (TPSA) is 29.1 Å². The van der Waals surface area contributed by atoms with E-state index in [0.29, 0.717) is 9.90 Å². The first-order valence-electron chi connectivity index (χ1n) is 3.12. The number of hydrogen-bond acceptors (Lipinski definition) is 2. The van der Waals surface area contributed by atoms with E-state index in [1.54, 1.807) is 7.05 Å². The van der Waals surface area contributed by atoms with Crippen LogP contribution >= 0.6 is 22.9 Å². The summed E-state index contributed by atoms with van der Waals surface area (Å²) in [6.07, 6.45) is 0. The molecule has 4 heteroatoms. The molecule has 1 amide bonds. The van der Waals surface area contributed by atoms with Gasteiger partial charge in [0.25, 0.3) is 5.91 Å². The molecule has 0 aliphatic carbocycles. The zero-order valence-corrected chi connectivity index (χ0v) is 7.84. The van der Waals surface area contributed by atoms with E-state index in [1.807, 2.05) is 12.3 Å². The molecule has 1 N–H and O–H groups in total. The number of rotatable bonds is 1. The second-order valence-electron chi connectivity index (χ2n) is 2.15. The van der Waals surface area contributed by atoms with Crippen molar-refractivity contribution in [1.29, 1.82) is 0 Å². The summed E-state index contributed by atoms with van der Waals surface area (Å²) < 4.78 is 0.557. The van der Waals surface area contributed by atoms with Crippen LogP contribution in [0.5, 0.6) is 0 Å². The summed E-state index contributed by atoms with van der Waals surface area (Å²) in [7, 11) is 1.59. The second-order valence-corrected chi connectivity index (χ2v) is 3.63. The maximum atomic E-state index is 11.1. The zero-order valence-electron chi connectivity index (χ0n) is 6.27. The molecule has 11 heavy (non-hydrogen) atoms. The summed E-state index contributed by atoms with van der Waals surface area (Å²) >= 11 is 7.16. The van der Waals surface area contributed by atoms with Crippen LogP contribution in [0, 0.1) is 6.92 Å². The van der Waals surface area contributed by atoms with Crippen LogP contribution in [0.1, 0.15) is 15.9 Å². The molecule has 0 radical (unpaired) electrons. The van der Waals surface area contributed by atoms with Crippen molar-refractivity contribution in [2.45, 2.75) is 6.92 Å². The molecular weight excluding hydrogens is 182 g/mol. The fourth-order valence-corrected chi connectivity index (χ4v) is 1.94. The standard InChI is InChI=1S/C7H8ClNOS/c1-4-3-11-6(8)5(4)7(10)9-2/h3H,1-2H3,(H,9,10). The molecule has 0 spiro atoms. The van der Waals surface area contributed by atoms with Gasteiger partial charge in [0.15, 0.2) is 0 Å². The van der Waals surface area contributed by atoms with E-state index in [1.165, 1.54) is 11.3 Å². The van der Waals surface area contributed by atoms with E-state index in [2.05, 4.69) is 5.32 Å². The maximum absolute atomic E-state index is 11.1. The molecule has 1 heterocycles. The molecule has 0 fully saturated rings. The van der Waals surface area contributed by atoms with Gasteiger partial charge in [0.1, 0.15) is 4.34 Å². The molecule has 0 saturated heterocycles. The quantitative estimate of drug-likeness (QED) is 0.720. The first-order chi connectivity index (χ1) is 5.16. The number of aryl methyl sites for hydroxylation is 1. The summed E-state index contributed by atoms with van der Waals surface area (Å²) in [5.74, 6) is -0.117. The van der Waals surface area contributed by atoms with Crippen molar-refractivity contribution < 1.29 is 4.79 Å². The molecule has 0 bridgehead atoms. The molecule has 0 aliphatic heterocycles. The average molecular weight is 190 g/mol. The van der Waals surface area contributed by atoms with Crippen molar-refractivity contribution in [3.63, 3.8) is 0 Å². The van der Waals surface area contributed by atoms with E-state index in [0.717, 1.165) is 5.56 Å². The third kappa shape index (κ3) is 1.54.